The molecule has 0 aliphatic heterocycles. The highest BCUT2D eigenvalue weighted by Gasteiger charge is 2.10. The third-order valence-corrected chi connectivity index (χ3v) is 4.14. The summed E-state index contributed by atoms with van der Waals surface area (Å²) < 4.78 is 1.98. The van der Waals surface area contributed by atoms with Crippen molar-refractivity contribution in [3.05, 3.63) is 43.9 Å². The number of aryl methyl sites for hydroxylation is 1. The van der Waals surface area contributed by atoms with Gasteiger partial charge in [0.1, 0.15) is 5.69 Å². The second-order valence-corrected chi connectivity index (χ2v) is 6.28. The number of nitrogens with one attached hydrogen (secondary N) is 1. The number of amides is 1. The lowest BCUT2D eigenvalue weighted by Crippen LogP contribution is -2.32. The van der Waals surface area contributed by atoms with Crippen LogP contribution >= 0.6 is 34.4 Å². The molecule has 0 spiro atoms. The molecule has 0 fully saturated rings. The van der Waals surface area contributed by atoms with Gasteiger partial charge in [0.05, 0.1) is 5.75 Å². The molecule has 2 aromatic rings. The van der Waals surface area contributed by atoms with Gasteiger partial charge in [-0.15, -0.1) is 10.2 Å². The van der Waals surface area contributed by atoms with E-state index in [0.29, 0.717) is 5.69 Å². The highest BCUT2D eigenvalue weighted by atomic mass is 127. The van der Waals surface area contributed by atoms with Gasteiger partial charge in [-0.05, 0) is 53.8 Å². The van der Waals surface area contributed by atoms with Crippen LogP contribution in [-0.2, 0) is 4.79 Å². The molecule has 0 atom stereocenters. The van der Waals surface area contributed by atoms with Crippen molar-refractivity contribution >= 4 is 45.9 Å². The molecule has 0 unspecified atom stereocenters. The number of nitrogens with zero attached hydrogens (tertiary/aromatic N) is 3. The van der Waals surface area contributed by atoms with Crippen molar-refractivity contribution in [1.29, 1.82) is 0 Å². The summed E-state index contributed by atoms with van der Waals surface area (Å²) in [7, 11) is 0. The maximum Gasteiger partial charge on any atom is 0.294 e. The van der Waals surface area contributed by atoms with E-state index in [2.05, 4.69) is 38.1 Å². The van der Waals surface area contributed by atoms with E-state index in [1.54, 1.807) is 0 Å². The van der Waals surface area contributed by atoms with E-state index in [0.717, 1.165) is 20.0 Å². The first kappa shape index (κ1) is 15.8. The van der Waals surface area contributed by atoms with Gasteiger partial charge in [-0.1, -0.05) is 11.8 Å². The molecule has 1 aromatic carbocycles. The van der Waals surface area contributed by atoms with Crippen molar-refractivity contribution in [2.24, 2.45) is 0 Å². The lowest BCUT2D eigenvalue weighted by molar-refractivity contribution is -0.113. The summed E-state index contributed by atoms with van der Waals surface area (Å²) in [5.41, 5.74) is 0.497. The fourth-order valence-electron chi connectivity index (χ4n) is 1.43. The lowest BCUT2D eigenvalue weighted by atomic mass is 10.3. The van der Waals surface area contributed by atoms with E-state index in [-0.39, 0.29) is 22.5 Å². The van der Waals surface area contributed by atoms with E-state index in [1.165, 1.54) is 6.92 Å². The van der Waals surface area contributed by atoms with Crippen LogP contribution in [0.3, 0.4) is 0 Å². The number of halogens is 1. The van der Waals surface area contributed by atoms with Crippen LogP contribution in [-0.4, -0.2) is 26.5 Å². The molecule has 21 heavy (non-hydrogen) atoms. The van der Waals surface area contributed by atoms with Crippen LogP contribution in [0.15, 0.2) is 34.2 Å². The van der Waals surface area contributed by atoms with Crippen LogP contribution in [0.25, 0.3) is 0 Å². The molecule has 0 aliphatic rings. The van der Waals surface area contributed by atoms with Crippen LogP contribution in [0.5, 0.6) is 0 Å². The van der Waals surface area contributed by atoms with Crippen molar-refractivity contribution in [1.82, 2.24) is 14.9 Å². The Kier molecular flexibility index (Phi) is 5.17. The van der Waals surface area contributed by atoms with E-state index in [1.807, 2.05) is 24.3 Å². The first-order valence-electron chi connectivity index (χ1n) is 5.87. The Hall–Kier alpha value is -1.62. The van der Waals surface area contributed by atoms with Gasteiger partial charge < -0.3 is 11.2 Å². The Morgan fingerprint density at radius 1 is 1.38 bits per heavy atom. The first-order chi connectivity index (χ1) is 9.97. The Labute approximate surface area is 138 Å². The number of carbonyl (C=O) groups is 1. The van der Waals surface area contributed by atoms with Crippen molar-refractivity contribution in [2.45, 2.75) is 12.1 Å². The van der Waals surface area contributed by atoms with Crippen LogP contribution in [0.1, 0.15) is 5.69 Å². The monoisotopic (exact) mass is 417 g/mol. The van der Waals surface area contributed by atoms with E-state index < -0.39 is 5.56 Å². The number of rotatable bonds is 4. The van der Waals surface area contributed by atoms with Crippen molar-refractivity contribution in [2.75, 3.05) is 16.9 Å². The minimum atomic E-state index is -0.425. The summed E-state index contributed by atoms with van der Waals surface area (Å²) in [6.07, 6.45) is 0. The summed E-state index contributed by atoms with van der Waals surface area (Å²) in [5, 5.41) is 10.4. The van der Waals surface area contributed by atoms with E-state index >= 15 is 0 Å². The number of nitrogens with two attached hydrogens (primary N) is 1. The molecular weight excluding hydrogens is 405 g/mol. The maximum atomic E-state index is 11.8. The summed E-state index contributed by atoms with van der Waals surface area (Å²) >= 11 is 3.24. The normalized spacial score (nSPS) is 10.4. The molecule has 0 bridgehead atoms. The predicted octanol–water partition coefficient (Wildman–Crippen LogP) is 0.996. The number of hydrogen-bond acceptors (Lipinski definition) is 6. The Balaban J connectivity index is 1.97. The first-order valence-corrected chi connectivity index (χ1v) is 7.93. The second kappa shape index (κ2) is 6.89. The minimum Gasteiger partial charge on any atom is -0.334 e. The van der Waals surface area contributed by atoms with Crippen LogP contribution in [0.2, 0.25) is 0 Å². The Morgan fingerprint density at radius 2 is 2.05 bits per heavy atom. The lowest BCUT2D eigenvalue weighted by Gasteiger charge is -2.07. The zero-order valence-corrected chi connectivity index (χ0v) is 14.0. The average Bonchev–Trinajstić information content (AvgIpc) is 2.46. The Bertz CT molecular complexity index is 717. The molecule has 2 rings (SSSR count). The molecule has 110 valence electrons. The van der Waals surface area contributed by atoms with Crippen LogP contribution in [0.4, 0.5) is 5.69 Å². The third-order valence-electron chi connectivity index (χ3n) is 2.48. The smallest absolute Gasteiger partial charge is 0.294 e. The highest BCUT2D eigenvalue weighted by Crippen LogP contribution is 2.14. The van der Waals surface area contributed by atoms with Gasteiger partial charge in [0.15, 0.2) is 0 Å². The molecule has 9 heteroatoms. The van der Waals surface area contributed by atoms with Gasteiger partial charge >= 0.3 is 0 Å². The fourth-order valence-corrected chi connectivity index (χ4v) is 2.44. The fraction of sp³-hybridized carbons (Fsp3) is 0.167. The number of nitrogen functional groups attached to an aromatic ring is 1. The minimum absolute atomic E-state index is 0.0837. The molecule has 3 N–H and O–H groups in total. The number of aromatic nitrogens is 3. The van der Waals surface area contributed by atoms with Crippen molar-refractivity contribution in [3.8, 4) is 0 Å². The molecule has 0 aliphatic carbocycles. The molecule has 1 heterocycles. The maximum absolute atomic E-state index is 11.8. The van der Waals surface area contributed by atoms with Gasteiger partial charge in [-0.3, -0.25) is 9.59 Å². The van der Waals surface area contributed by atoms with Crippen LogP contribution < -0.4 is 16.7 Å². The molecule has 7 nitrogen and oxygen atoms in total. The summed E-state index contributed by atoms with van der Waals surface area (Å²) in [4.78, 5) is 23.4. The molecular formula is C12H12IN5O2S. The SMILES string of the molecule is Cc1nnc(SCC(=O)Nc2ccc(I)cc2)n(N)c1=O. The molecule has 0 saturated carbocycles. The second-order valence-electron chi connectivity index (χ2n) is 4.09. The van der Waals surface area contributed by atoms with Crippen LogP contribution in [0, 0.1) is 10.5 Å². The third kappa shape index (κ3) is 4.17. The molecule has 0 radical (unpaired) electrons. The number of anilines is 1. The summed E-state index contributed by atoms with van der Waals surface area (Å²) in [6, 6.07) is 7.42. The number of thioether (sulfide) groups is 1. The zero-order valence-electron chi connectivity index (χ0n) is 11.0. The van der Waals surface area contributed by atoms with Gasteiger partial charge in [0.25, 0.3) is 5.56 Å². The van der Waals surface area contributed by atoms with Gasteiger partial charge in [0, 0.05) is 9.26 Å². The Morgan fingerprint density at radius 3 is 2.71 bits per heavy atom. The van der Waals surface area contributed by atoms with Gasteiger partial charge in [0.2, 0.25) is 11.1 Å². The molecule has 0 saturated heterocycles. The highest BCUT2D eigenvalue weighted by molar-refractivity contribution is 14.1. The molecule has 1 amide bonds. The van der Waals surface area contributed by atoms with E-state index in [9.17, 15) is 9.59 Å². The quantitative estimate of drug-likeness (QED) is 0.437. The number of benzene rings is 1. The standard InChI is InChI=1S/C12H12IN5O2S/c1-7-11(20)18(14)12(17-16-7)21-6-10(19)15-9-4-2-8(13)3-5-9/h2-5H,6,14H2,1H3,(H,15,19). The van der Waals surface area contributed by atoms with E-state index in [4.69, 9.17) is 5.84 Å². The largest absolute Gasteiger partial charge is 0.334 e. The van der Waals surface area contributed by atoms with Gasteiger partial charge in [-0.2, -0.15) is 4.68 Å². The topological polar surface area (TPSA) is 103 Å². The summed E-state index contributed by atoms with van der Waals surface area (Å²) in [6.45, 7) is 1.52. The average molecular weight is 417 g/mol. The predicted molar refractivity (Wildman–Crippen MR) is 89.7 cm³/mol. The number of hydrogen-bond donors (Lipinski definition) is 2. The number of carbonyl (C=O) groups excluding carboxylic acids is 1. The zero-order chi connectivity index (χ0) is 15.4. The molecule has 1 aromatic heterocycles. The summed E-state index contributed by atoms with van der Waals surface area (Å²) in [5.74, 6) is 5.46. The van der Waals surface area contributed by atoms with Gasteiger partial charge in [-0.25, -0.2) is 0 Å². The van der Waals surface area contributed by atoms with Crippen molar-refractivity contribution < 1.29 is 4.79 Å². The van der Waals surface area contributed by atoms with Crippen molar-refractivity contribution in [3.63, 3.8) is 0 Å².